The van der Waals surface area contributed by atoms with Crippen LogP contribution in [-0.2, 0) is 54.0 Å². The normalized spacial score (nSPS) is 21.2. The zero-order valence-electron chi connectivity index (χ0n) is 31.2. The van der Waals surface area contributed by atoms with Crippen LogP contribution in [0, 0.1) is 12.3 Å². The van der Waals surface area contributed by atoms with Gasteiger partial charge < -0.3 is 38.6 Å². The number of hydrogen-bond donors (Lipinski definition) is 1. The van der Waals surface area contributed by atoms with E-state index in [1.165, 1.54) is 10.9 Å². The number of benzene rings is 1. The molecule has 5 rings (SSSR count). The number of esters is 4. The summed E-state index contributed by atoms with van der Waals surface area (Å²) in [5, 5.41) is 2.72. The molecule has 1 N–H and O–H groups in total. The van der Waals surface area contributed by atoms with Crippen molar-refractivity contribution in [3.05, 3.63) is 41.4 Å². The molecular formula is C36H42ClN7O11. The summed E-state index contributed by atoms with van der Waals surface area (Å²) in [5.41, 5.74) is -3.20. The number of halogens is 1. The van der Waals surface area contributed by atoms with Crippen LogP contribution in [0.2, 0.25) is 5.28 Å². The Labute approximate surface area is 321 Å². The van der Waals surface area contributed by atoms with Crippen LogP contribution >= 0.6 is 11.6 Å². The number of amides is 2. The quantitative estimate of drug-likeness (QED) is 0.0821. The number of nitrogens with zero attached hydrogens (tertiary/aromatic N) is 6. The van der Waals surface area contributed by atoms with E-state index in [4.69, 9.17) is 46.4 Å². The van der Waals surface area contributed by atoms with Gasteiger partial charge in [-0.15, -0.1) is 6.42 Å². The zero-order chi connectivity index (χ0) is 40.1. The van der Waals surface area contributed by atoms with Gasteiger partial charge in [0.25, 0.3) is 5.60 Å². The van der Waals surface area contributed by atoms with Crippen LogP contribution in [0.15, 0.2) is 30.6 Å². The lowest BCUT2D eigenvalue weighted by atomic mass is 9.91. The summed E-state index contributed by atoms with van der Waals surface area (Å²) in [6.45, 7) is 5.51. The molecule has 0 spiro atoms. The predicted molar refractivity (Wildman–Crippen MR) is 195 cm³/mol. The Kier molecular flexibility index (Phi) is 12.5. The smallest absolute Gasteiger partial charge is 0.350 e. The van der Waals surface area contributed by atoms with Gasteiger partial charge >= 0.3 is 29.9 Å². The maximum Gasteiger partial charge on any atom is 0.350 e. The van der Waals surface area contributed by atoms with Crippen molar-refractivity contribution < 1.29 is 52.4 Å². The summed E-state index contributed by atoms with van der Waals surface area (Å²) in [6, 6.07) is 6.51. The molecule has 2 fully saturated rings. The maximum atomic E-state index is 13.9. The first kappa shape index (κ1) is 40.7. The lowest BCUT2D eigenvalue weighted by Crippen LogP contribution is -2.57. The first-order valence-electron chi connectivity index (χ1n) is 17.4. The van der Waals surface area contributed by atoms with Crippen molar-refractivity contribution in [2.45, 2.75) is 70.2 Å². The number of imidazole rings is 1. The van der Waals surface area contributed by atoms with Crippen LogP contribution in [0.5, 0.6) is 0 Å². The molecule has 3 aromatic rings. The Bertz CT molecular complexity index is 1970. The highest BCUT2D eigenvalue weighted by molar-refractivity contribution is 6.28. The van der Waals surface area contributed by atoms with E-state index in [1.807, 2.05) is 0 Å². The van der Waals surface area contributed by atoms with Gasteiger partial charge in [-0.25, -0.2) is 19.4 Å². The molecule has 2 aromatic heterocycles. The van der Waals surface area contributed by atoms with E-state index in [0.29, 0.717) is 24.3 Å². The molecule has 2 saturated heterocycles. The lowest BCUT2D eigenvalue weighted by Gasteiger charge is -2.35. The highest BCUT2D eigenvalue weighted by atomic mass is 35.5. The third-order valence-corrected chi connectivity index (χ3v) is 9.19. The minimum atomic E-state index is -2.45. The summed E-state index contributed by atoms with van der Waals surface area (Å²) in [6.07, 6.45) is 3.34. The highest BCUT2D eigenvalue weighted by Gasteiger charge is 2.63. The fraction of sp³-hybridized carbons (Fsp3) is 0.500. The summed E-state index contributed by atoms with van der Waals surface area (Å²) in [4.78, 5) is 81.9. The molecule has 294 valence electrons. The van der Waals surface area contributed by atoms with Crippen LogP contribution in [-0.4, -0.2) is 125 Å². The second-order valence-corrected chi connectivity index (χ2v) is 13.0. The summed E-state index contributed by atoms with van der Waals surface area (Å²) < 4.78 is 36.2. The predicted octanol–water partition coefficient (Wildman–Crippen LogP) is 2.67. The summed E-state index contributed by atoms with van der Waals surface area (Å²) in [7, 11) is 3.32. The number of ether oxygens (including phenoxy) is 6. The van der Waals surface area contributed by atoms with E-state index >= 15 is 0 Å². The molecule has 19 heteroatoms. The Morgan fingerprint density at radius 1 is 1.07 bits per heavy atom. The fourth-order valence-corrected chi connectivity index (χ4v) is 6.71. The summed E-state index contributed by atoms with van der Waals surface area (Å²) >= 11 is 6.22. The third kappa shape index (κ3) is 8.00. The fourth-order valence-electron chi connectivity index (χ4n) is 6.55. The topological polar surface area (TPSA) is 203 Å². The van der Waals surface area contributed by atoms with Gasteiger partial charge in [0, 0.05) is 53.1 Å². The molecule has 2 aliphatic rings. The maximum absolute atomic E-state index is 13.9. The van der Waals surface area contributed by atoms with Crippen molar-refractivity contribution in [1.82, 2.24) is 24.4 Å². The number of fused-ring (bicyclic) bond motifs is 1. The standard InChI is InChI=1S/C36H42ClN7O11/c1-8-35(55-22(5)46)25(54-30(27(35)53-21(4)45)44-20-39-26-28(38-6)40-33(37)41-29(26)44)19-52-36(31(47)50-9-2,32(48)51-10-3)18-23-12-14-24(15-13-23)43-17-11-16-42(7)34(43)49/h1,12-15,20,25,27,30H,9-11,16-19H2,2-7H3,(H,38,40,41)/t25-,27+,30-,35-/m1/s1. The molecule has 4 heterocycles. The van der Waals surface area contributed by atoms with Gasteiger partial charge in [-0.1, -0.05) is 18.1 Å². The van der Waals surface area contributed by atoms with E-state index in [-0.39, 0.29) is 41.5 Å². The van der Waals surface area contributed by atoms with Crippen LogP contribution in [0.3, 0.4) is 0 Å². The molecule has 0 bridgehead atoms. The molecule has 55 heavy (non-hydrogen) atoms. The van der Waals surface area contributed by atoms with E-state index in [1.54, 1.807) is 62.0 Å². The van der Waals surface area contributed by atoms with Gasteiger partial charge in [0.05, 0.1) is 26.1 Å². The number of hydrogen-bond acceptors (Lipinski definition) is 15. The Hall–Kier alpha value is -5.51. The monoisotopic (exact) mass is 783 g/mol. The van der Waals surface area contributed by atoms with Crippen LogP contribution in [0.25, 0.3) is 11.2 Å². The molecule has 4 atom stereocenters. The molecule has 2 amide bonds. The Morgan fingerprint density at radius 3 is 2.33 bits per heavy atom. The number of aromatic nitrogens is 4. The van der Waals surface area contributed by atoms with E-state index < -0.39 is 66.5 Å². The van der Waals surface area contributed by atoms with E-state index in [2.05, 4.69) is 26.2 Å². The van der Waals surface area contributed by atoms with Gasteiger partial charge in [0.1, 0.15) is 6.10 Å². The molecule has 2 aliphatic heterocycles. The molecule has 0 radical (unpaired) electrons. The number of carbonyl (C=O) groups is 5. The van der Waals surface area contributed by atoms with Crippen molar-refractivity contribution in [3.8, 4) is 12.3 Å². The molecule has 0 unspecified atom stereocenters. The second kappa shape index (κ2) is 16.9. The first-order chi connectivity index (χ1) is 26.2. The molecule has 0 saturated carbocycles. The van der Waals surface area contributed by atoms with Crippen LogP contribution in [0.1, 0.15) is 45.9 Å². The van der Waals surface area contributed by atoms with Gasteiger partial charge in [0.2, 0.25) is 17.0 Å². The highest BCUT2D eigenvalue weighted by Crippen LogP contribution is 2.44. The minimum Gasteiger partial charge on any atom is -0.463 e. The third-order valence-electron chi connectivity index (χ3n) is 9.03. The van der Waals surface area contributed by atoms with Crippen molar-refractivity contribution in [1.29, 1.82) is 0 Å². The average Bonchev–Trinajstić information content (AvgIpc) is 3.69. The molecule has 18 nitrogen and oxygen atoms in total. The van der Waals surface area contributed by atoms with Crippen LogP contribution < -0.4 is 10.2 Å². The second-order valence-electron chi connectivity index (χ2n) is 12.6. The zero-order valence-corrected chi connectivity index (χ0v) is 32.0. The van der Waals surface area contributed by atoms with Crippen molar-refractivity contribution in [2.24, 2.45) is 0 Å². The van der Waals surface area contributed by atoms with E-state index in [0.717, 1.165) is 20.3 Å². The minimum absolute atomic E-state index is 0.127. The number of nitrogens with one attached hydrogen (secondary N) is 1. The average molecular weight is 784 g/mol. The van der Waals surface area contributed by atoms with Gasteiger partial charge in [0.15, 0.2) is 23.2 Å². The van der Waals surface area contributed by atoms with Gasteiger partial charge in [-0.2, -0.15) is 9.97 Å². The van der Waals surface area contributed by atoms with Crippen LogP contribution in [0.4, 0.5) is 16.3 Å². The Morgan fingerprint density at radius 2 is 1.75 bits per heavy atom. The van der Waals surface area contributed by atoms with Gasteiger partial charge in [-0.05, 0) is 49.6 Å². The molecular weight excluding hydrogens is 742 g/mol. The van der Waals surface area contributed by atoms with E-state index in [9.17, 15) is 24.0 Å². The number of urea groups is 1. The first-order valence-corrected chi connectivity index (χ1v) is 17.8. The number of anilines is 2. The number of terminal acetylenes is 1. The Balaban J connectivity index is 1.57. The number of rotatable bonds is 14. The SMILES string of the molecule is C#C[C@@]1(OC(C)=O)[C@@H](COC(Cc2ccc(N3CCCN(C)C3=O)cc2)(C(=O)OCC)C(=O)OCC)O[C@@H](n2cnc3c(NC)nc(Cl)nc32)[C@@H]1OC(C)=O. The van der Waals surface area contributed by atoms with Gasteiger partial charge in [-0.3, -0.25) is 19.1 Å². The van der Waals surface area contributed by atoms with Crippen molar-refractivity contribution in [2.75, 3.05) is 57.2 Å². The van der Waals surface area contributed by atoms with Crippen molar-refractivity contribution in [3.63, 3.8) is 0 Å². The summed E-state index contributed by atoms with van der Waals surface area (Å²) in [5.74, 6) is -1.14. The lowest BCUT2D eigenvalue weighted by molar-refractivity contribution is -0.200. The molecule has 1 aromatic carbocycles. The molecule has 0 aliphatic carbocycles. The number of carbonyl (C=O) groups excluding carboxylic acids is 5. The largest absolute Gasteiger partial charge is 0.463 e. The van der Waals surface area contributed by atoms with Crippen molar-refractivity contribution >= 4 is 64.2 Å².